The van der Waals surface area contributed by atoms with Crippen LogP contribution in [0, 0.1) is 0 Å². The summed E-state index contributed by atoms with van der Waals surface area (Å²) >= 11 is 0. The summed E-state index contributed by atoms with van der Waals surface area (Å²) in [6, 6.07) is 10.7. The van der Waals surface area contributed by atoms with Gasteiger partial charge in [-0.2, -0.15) is 0 Å². The smallest absolute Gasteiger partial charge is 0.273 e. The molecule has 0 spiro atoms. The summed E-state index contributed by atoms with van der Waals surface area (Å²) in [5.74, 6) is 0.111. The van der Waals surface area contributed by atoms with E-state index in [1.165, 1.54) is 5.57 Å². The summed E-state index contributed by atoms with van der Waals surface area (Å²) in [6.45, 7) is 2.11. The minimum Gasteiger partial charge on any atom is -0.331 e. The van der Waals surface area contributed by atoms with Crippen molar-refractivity contribution in [3.8, 4) is 0 Å². The molecular formula is C19H20N2O. The number of allylic oxidation sites excluding steroid dienone is 1. The molecule has 2 unspecified atom stereocenters. The number of benzene rings is 1. The number of pyridine rings is 1. The second kappa shape index (κ2) is 5.24. The molecule has 1 amide bonds. The molecule has 2 aromatic rings. The second-order valence-corrected chi connectivity index (χ2v) is 6.33. The molecule has 2 fully saturated rings. The highest BCUT2D eigenvalue weighted by Gasteiger charge is 2.41. The maximum atomic E-state index is 13.1. The van der Waals surface area contributed by atoms with Crippen LogP contribution in [0.3, 0.4) is 0 Å². The summed E-state index contributed by atoms with van der Waals surface area (Å²) in [4.78, 5) is 19.6. The summed E-state index contributed by atoms with van der Waals surface area (Å²) in [7, 11) is 0. The van der Waals surface area contributed by atoms with Crippen molar-refractivity contribution in [2.24, 2.45) is 0 Å². The highest BCUT2D eigenvalue weighted by atomic mass is 16.2. The van der Waals surface area contributed by atoms with Crippen LogP contribution in [-0.4, -0.2) is 27.9 Å². The first kappa shape index (κ1) is 13.5. The Bertz CT molecular complexity index is 744. The van der Waals surface area contributed by atoms with Crippen molar-refractivity contribution >= 4 is 16.7 Å². The zero-order valence-electron chi connectivity index (χ0n) is 12.8. The van der Waals surface area contributed by atoms with Crippen LogP contribution in [0.5, 0.6) is 0 Å². The molecule has 1 aromatic carbocycles. The van der Waals surface area contributed by atoms with E-state index in [2.05, 4.69) is 22.9 Å². The molecule has 1 aromatic heterocycles. The van der Waals surface area contributed by atoms with Gasteiger partial charge in [-0.3, -0.25) is 9.78 Å². The third-order valence-electron chi connectivity index (χ3n) is 5.13. The van der Waals surface area contributed by atoms with Crippen LogP contribution in [0.4, 0.5) is 0 Å². The van der Waals surface area contributed by atoms with Crippen molar-refractivity contribution in [2.75, 3.05) is 0 Å². The van der Waals surface area contributed by atoms with E-state index in [-0.39, 0.29) is 5.91 Å². The van der Waals surface area contributed by atoms with Gasteiger partial charge in [0.15, 0.2) is 0 Å². The fourth-order valence-corrected chi connectivity index (χ4v) is 4.03. The second-order valence-electron chi connectivity index (χ2n) is 6.33. The number of aromatic nitrogens is 1. The molecule has 0 N–H and O–H groups in total. The van der Waals surface area contributed by atoms with E-state index < -0.39 is 0 Å². The van der Waals surface area contributed by atoms with Crippen molar-refractivity contribution in [2.45, 2.75) is 44.7 Å². The normalized spacial score (nSPS) is 23.9. The third kappa shape index (κ3) is 2.04. The standard InChI is InChI=1S/C19H20N2O/c1-2-13-11-15-7-8-16(12-13)21(15)19(22)18-17-6-4-3-5-14(17)9-10-20-18/h2-6,9-10,15-16H,7-8,11-12H2,1H3. The number of carbonyl (C=O) groups is 1. The fourth-order valence-electron chi connectivity index (χ4n) is 4.03. The first-order chi connectivity index (χ1) is 10.8. The number of piperidine rings is 1. The maximum Gasteiger partial charge on any atom is 0.273 e. The van der Waals surface area contributed by atoms with Crippen LogP contribution in [0.15, 0.2) is 48.2 Å². The van der Waals surface area contributed by atoms with E-state index in [9.17, 15) is 4.79 Å². The van der Waals surface area contributed by atoms with E-state index in [1.54, 1.807) is 6.20 Å². The molecule has 2 saturated heterocycles. The molecule has 0 radical (unpaired) electrons. The Labute approximate surface area is 130 Å². The molecular weight excluding hydrogens is 272 g/mol. The summed E-state index contributed by atoms with van der Waals surface area (Å²) in [5.41, 5.74) is 2.11. The molecule has 0 saturated carbocycles. The molecule has 112 valence electrons. The van der Waals surface area contributed by atoms with Gasteiger partial charge in [-0.1, -0.05) is 35.9 Å². The Morgan fingerprint density at radius 1 is 1.18 bits per heavy atom. The highest BCUT2D eigenvalue weighted by Crippen LogP contribution is 2.39. The zero-order chi connectivity index (χ0) is 15.1. The van der Waals surface area contributed by atoms with Crippen molar-refractivity contribution in [3.05, 3.63) is 53.9 Å². The van der Waals surface area contributed by atoms with Crippen LogP contribution in [0.1, 0.15) is 43.1 Å². The molecule has 4 rings (SSSR count). The maximum absolute atomic E-state index is 13.1. The minimum absolute atomic E-state index is 0.111. The van der Waals surface area contributed by atoms with Crippen molar-refractivity contribution in [3.63, 3.8) is 0 Å². The number of nitrogens with zero attached hydrogens (tertiary/aromatic N) is 2. The molecule has 3 nitrogen and oxygen atoms in total. The van der Waals surface area contributed by atoms with Crippen LogP contribution >= 0.6 is 0 Å². The van der Waals surface area contributed by atoms with Gasteiger partial charge in [-0.15, -0.1) is 0 Å². The van der Waals surface area contributed by atoms with E-state index >= 15 is 0 Å². The van der Waals surface area contributed by atoms with Gasteiger partial charge in [0.2, 0.25) is 0 Å². The van der Waals surface area contributed by atoms with Crippen LogP contribution < -0.4 is 0 Å². The molecule has 22 heavy (non-hydrogen) atoms. The molecule has 2 aliphatic rings. The van der Waals surface area contributed by atoms with Crippen molar-refractivity contribution < 1.29 is 4.79 Å². The lowest BCUT2D eigenvalue weighted by Crippen LogP contribution is -2.45. The molecule has 2 atom stereocenters. The van der Waals surface area contributed by atoms with Gasteiger partial charge in [0, 0.05) is 23.7 Å². The Morgan fingerprint density at radius 2 is 1.91 bits per heavy atom. The van der Waals surface area contributed by atoms with Crippen LogP contribution in [0.2, 0.25) is 0 Å². The average molecular weight is 292 g/mol. The van der Waals surface area contributed by atoms with Gasteiger partial charge in [0.25, 0.3) is 5.91 Å². The Hall–Kier alpha value is -2.16. The van der Waals surface area contributed by atoms with Gasteiger partial charge in [-0.05, 0) is 44.1 Å². The van der Waals surface area contributed by atoms with Crippen LogP contribution in [-0.2, 0) is 0 Å². The lowest BCUT2D eigenvalue weighted by atomic mass is 9.96. The number of amides is 1. The minimum atomic E-state index is 0.111. The third-order valence-corrected chi connectivity index (χ3v) is 5.13. The van der Waals surface area contributed by atoms with Gasteiger partial charge >= 0.3 is 0 Å². The van der Waals surface area contributed by atoms with Gasteiger partial charge in [-0.25, -0.2) is 0 Å². The zero-order valence-corrected chi connectivity index (χ0v) is 12.8. The van der Waals surface area contributed by atoms with Gasteiger partial charge in [0.1, 0.15) is 5.69 Å². The predicted molar refractivity (Wildman–Crippen MR) is 87.7 cm³/mol. The summed E-state index contributed by atoms with van der Waals surface area (Å²) in [5, 5.41) is 2.05. The van der Waals surface area contributed by atoms with Crippen molar-refractivity contribution in [1.82, 2.24) is 9.88 Å². The van der Waals surface area contributed by atoms with E-state index in [4.69, 9.17) is 0 Å². The monoisotopic (exact) mass is 292 g/mol. The van der Waals surface area contributed by atoms with E-state index in [0.29, 0.717) is 17.8 Å². The Kier molecular flexibility index (Phi) is 3.21. The quantitative estimate of drug-likeness (QED) is 0.746. The Morgan fingerprint density at radius 3 is 2.64 bits per heavy atom. The number of rotatable bonds is 1. The molecule has 3 heteroatoms. The Balaban J connectivity index is 1.73. The molecule has 3 heterocycles. The molecule has 2 aliphatic heterocycles. The summed E-state index contributed by atoms with van der Waals surface area (Å²) in [6.07, 6.45) is 8.28. The lowest BCUT2D eigenvalue weighted by molar-refractivity contribution is 0.0631. The average Bonchev–Trinajstić information content (AvgIpc) is 2.83. The summed E-state index contributed by atoms with van der Waals surface area (Å²) < 4.78 is 0. The number of carbonyl (C=O) groups excluding carboxylic acids is 1. The van der Waals surface area contributed by atoms with E-state index in [1.807, 2.05) is 30.3 Å². The molecule has 2 bridgehead atoms. The largest absolute Gasteiger partial charge is 0.331 e. The van der Waals surface area contributed by atoms with Crippen molar-refractivity contribution in [1.29, 1.82) is 0 Å². The van der Waals surface area contributed by atoms with Gasteiger partial charge < -0.3 is 4.90 Å². The highest BCUT2D eigenvalue weighted by molar-refractivity contribution is 6.05. The number of fused-ring (bicyclic) bond motifs is 3. The number of hydrogen-bond acceptors (Lipinski definition) is 2. The molecule has 0 aliphatic carbocycles. The predicted octanol–water partition coefficient (Wildman–Crippen LogP) is 3.95. The first-order valence-corrected chi connectivity index (χ1v) is 8.08. The lowest BCUT2D eigenvalue weighted by Gasteiger charge is -2.36. The first-order valence-electron chi connectivity index (χ1n) is 8.08. The SMILES string of the molecule is CC=C1CC2CCC(C1)N2C(=O)c1nccc2ccccc12. The van der Waals surface area contributed by atoms with Crippen LogP contribution in [0.25, 0.3) is 10.8 Å². The van der Waals surface area contributed by atoms with E-state index in [0.717, 1.165) is 36.5 Å². The topological polar surface area (TPSA) is 33.2 Å². The van der Waals surface area contributed by atoms with Gasteiger partial charge in [0.05, 0.1) is 0 Å². The fraction of sp³-hybridized carbons (Fsp3) is 0.368. The number of hydrogen-bond donors (Lipinski definition) is 0.